The van der Waals surface area contributed by atoms with Crippen molar-refractivity contribution in [1.82, 2.24) is 0 Å². The van der Waals surface area contributed by atoms with Crippen LogP contribution in [0.15, 0.2) is 83.0 Å². The molecule has 8 unspecified atom stereocenters. The monoisotopic (exact) mass is 699 g/mol. The summed E-state index contributed by atoms with van der Waals surface area (Å²) in [7, 11) is -1.80. The van der Waals surface area contributed by atoms with Gasteiger partial charge in [0.1, 0.15) is 0 Å². The summed E-state index contributed by atoms with van der Waals surface area (Å²) in [5, 5.41) is 0. The molecule has 3 fully saturated rings. The van der Waals surface area contributed by atoms with Crippen molar-refractivity contribution < 1.29 is 0 Å². The maximum Gasteiger partial charge on any atom is 0.0553 e. The SMILES string of the molecule is CC1=C(c2ccc(C(C)(C)C)cc2)C2CC(C)C([Si](C)(C)C3C(C)CC4C(c5ccc(C(C)(C)C)cc5)=C5CCCC5=CC43)C2C=C1C(C)(C)C. The third-order valence-corrected chi connectivity index (χ3v) is 20.1. The van der Waals surface area contributed by atoms with Crippen molar-refractivity contribution in [2.75, 3.05) is 0 Å². The molecule has 0 N–H and O–H groups in total. The highest BCUT2D eigenvalue weighted by molar-refractivity contribution is 6.80. The second-order valence-corrected chi connectivity index (χ2v) is 26.6. The van der Waals surface area contributed by atoms with Crippen molar-refractivity contribution >= 4 is 19.2 Å². The summed E-state index contributed by atoms with van der Waals surface area (Å²) in [5.74, 6) is 4.15. The molecule has 0 saturated heterocycles. The van der Waals surface area contributed by atoms with Crippen molar-refractivity contribution in [1.29, 1.82) is 0 Å². The summed E-state index contributed by atoms with van der Waals surface area (Å²) in [6, 6.07) is 19.7. The van der Waals surface area contributed by atoms with E-state index < -0.39 is 8.07 Å². The zero-order valence-electron chi connectivity index (χ0n) is 34.9. The fourth-order valence-corrected chi connectivity index (χ4v) is 19.1. The quantitative estimate of drug-likeness (QED) is 0.279. The van der Waals surface area contributed by atoms with Gasteiger partial charge in [-0.15, -0.1) is 0 Å². The van der Waals surface area contributed by atoms with Crippen LogP contribution in [-0.4, -0.2) is 8.07 Å². The first-order valence-electron chi connectivity index (χ1n) is 20.8. The van der Waals surface area contributed by atoms with Crippen molar-refractivity contribution in [2.45, 2.75) is 150 Å². The molecule has 2 aromatic carbocycles. The van der Waals surface area contributed by atoms with E-state index in [4.69, 9.17) is 0 Å². The normalized spacial score (nSPS) is 31.4. The zero-order chi connectivity index (χ0) is 37.0. The highest BCUT2D eigenvalue weighted by atomic mass is 28.3. The molecule has 274 valence electrons. The molecule has 2 aromatic rings. The lowest BCUT2D eigenvalue weighted by Gasteiger charge is -2.47. The molecular weight excluding hydrogens is 629 g/mol. The first kappa shape index (κ1) is 37.0. The van der Waals surface area contributed by atoms with Gasteiger partial charge in [-0.05, 0) is 158 Å². The molecule has 5 aliphatic carbocycles. The van der Waals surface area contributed by atoms with Gasteiger partial charge in [0, 0.05) is 0 Å². The lowest BCUT2D eigenvalue weighted by Crippen LogP contribution is -2.46. The molecule has 0 aromatic heterocycles. The number of allylic oxidation sites excluding steroid dienone is 8. The lowest BCUT2D eigenvalue weighted by atomic mass is 9.69. The van der Waals surface area contributed by atoms with E-state index in [2.05, 4.69) is 157 Å². The fourth-order valence-electron chi connectivity index (χ4n) is 12.8. The number of hydrogen-bond acceptors (Lipinski definition) is 0. The van der Waals surface area contributed by atoms with Crippen LogP contribution in [0.2, 0.25) is 24.2 Å². The van der Waals surface area contributed by atoms with Gasteiger partial charge in [-0.3, -0.25) is 0 Å². The van der Waals surface area contributed by atoms with Gasteiger partial charge in [-0.25, -0.2) is 0 Å². The molecule has 51 heavy (non-hydrogen) atoms. The molecule has 3 saturated carbocycles. The van der Waals surface area contributed by atoms with Gasteiger partial charge >= 0.3 is 0 Å². The Morgan fingerprint density at radius 1 is 0.569 bits per heavy atom. The predicted octanol–water partition coefficient (Wildman–Crippen LogP) is 14.6. The molecule has 0 aliphatic heterocycles. The Kier molecular flexibility index (Phi) is 9.13. The Morgan fingerprint density at radius 3 is 1.49 bits per heavy atom. The average molecular weight is 699 g/mol. The minimum atomic E-state index is -1.80. The topological polar surface area (TPSA) is 0 Å². The van der Waals surface area contributed by atoms with Crippen molar-refractivity contribution in [3.8, 4) is 0 Å². The maximum absolute atomic E-state index is 2.88. The lowest BCUT2D eigenvalue weighted by molar-refractivity contribution is 0.464. The van der Waals surface area contributed by atoms with Crippen LogP contribution < -0.4 is 0 Å². The Balaban J connectivity index is 1.27. The molecule has 0 radical (unpaired) electrons. The van der Waals surface area contributed by atoms with E-state index >= 15 is 0 Å². The molecule has 1 heteroatoms. The van der Waals surface area contributed by atoms with E-state index in [0.29, 0.717) is 23.7 Å². The van der Waals surface area contributed by atoms with Gasteiger partial charge in [0.2, 0.25) is 0 Å². The molecule has 0 amide bonds. The Hall–Kier alpha value is -2.38. The van der Waals surface area contributed by atoms with Crippen LogP contribution in [0.5, 0.6) is 0 Å². The van der Waals surface area contributed by atoms with Crippen LogP contribution in [0.4, 0.5) is 0 Å². The van der Waals surface area contributed by atoms with Crippen molar-refractivity contribution in [3.63, 3.8) is 0 Å². The standard InChI is InChI=1S/C50H70Si/c1-30-26-39-42(29-43(50(10,11)12)32(3)44(39)33-18-22-36(23-19-33)48(4,5)6)47(30)51(13,14)46-31(2)27-40-41(46)28-35-16-15-17-38(35)45(40)34-20-24-37(25-21-34)49(7,8)9/h18-25,28-31,39-42,46-47H,15-17,26-27H2,1-14H3. The number of rotatable bonds is 4. The third kappa shape index (κ3) is 6.28. The Labute approximate surface area is 314 Å². The second kappa shape index (κ2) is 12.6. The Bertz CT molecular complexity index is 1780. The van der Waals surface area contributed by atoms with Crippen LogP contribution in [0.25, 0.3) is 11.1 Å². The van der Waals surface area contributed by atoms with Gasteiger partial charge < -0.3 is 0 Å². The zero-order valence-corrected chi connectivity index (χ0v) is 35.9. The van der Waals surface area contributed by atoms with Crippen molar-refractivity contribution in [3.05, 3.63) is 105 Å². The molecule has 5 aliphatic rings. The van der Waals surface area contributed by atoms with Gasteiger partial charge in [0.25, 0.3) is 0 Å². The number of benzene rings is 2. The minimum Gasteiger partial charge on any atom is -0.0773 e. The summed E-state index contributed by atoms with van der Waals surface area (Å²) >= 11 is 0. The molecular formula is C50H70Si. The molecule has 0 nitrogen and oxygen atoms in total. The smallest absolute Gasteiger partial charge is 0.0553 e. The van der Waals surface area contributed by atoms with Crippen LogP contribution >= 0.6 is 0 Å². The third-order valence-electron chi connectivity index (χ3n) is 14.8. The second-order valence-electron chi connectivity index (χ2n) is 21.6. The van der Waals surface area contributed by atoms with E-state index in [1.807, 2.05) is 0 Å². The van der Waals surface area contributed by atoms with E-state index in [1.54, 1.807) is 33.4 Å². The first-order valence-corrected chi connectivity index (χ1v) is 23.9. The molecule has 0 heterocycles. The molecule has 8 atom stereocenters. The molecule has 0 bridgehead atoms. The predicted molar refractivity (Wildman–Crippen MR) is 226 cm³/mol. The maximum atomic E-state index is 2.88. The van der Waals surface area contributed by atoms with Gasteiger partial charge in [-0.2, -0.15) is 0 Å². The fraction of sp³-hybridized carbons (Fsp3) is 0.600. The van der Waals surface area contributed by atoms with Crippen LogP contribution in [-0.2, 0) is 10.8 Å². The van der Waals surface area contributed by atoms with Crippen molar-refractivity contribution in [2.24, 2.45) is 40.9 Å². The highest BCUT2D eigenvalue weighted by Crippen LogP contribution is 2.67. The van der Waals surface area contributed by atoms with Crippen LogP contribution in [0, 0.1) is 40.9 Å². The Morgan fingerprint density at radius 2 is 1.02 bits per heavy atom. The summed E-state index contributed by atoms with van der Waals surface area (Å²) in [6.45, 7) is 34.9. The average Bonchev–Trinajstić information content (AvgIpc) is 3.72. The van der Waals surface area contributed by atoms with E-state index in [1.165, 1.54) is 54.4 Å². The van der Waals surface area contributed by atoms with E-state index in [-0.39, 0.29) is 16.2 Å². The van der Waals surface area contributed by atoms with Gasteiger partial charge in [-0.1, -0.05) is 150 Å². The van der Waals surface area contributed by atoms with Gasteiger partial charge in [0.15, 0.2) is 0 Å². The molecule has 0 spiro atoms. The summed E-state index contributed by atoms with van der Waals surface area (Å²) in [5.41, 5.74) is 18.0. The van der Waals surface area contributed by atoms with E-state index in [0.717, 1.165) is 22.9 Å². The van der Waals surface area contributed by atoms with Crippen LogP contribution in [0.1, 0.15) is 137 Å². The highest BCUT2D eigenvalue weighted by Gasteiger charge is 2.59. The van der Waals surface area contributed by atoms with E-state index in [9.17, 15) is 0 Å². The summed E-state index contributed by atoms with van der Waals surface area (Å²) in [6.07, 6.45) is 12.3. The van der Waals surface area contributed by atoms with Crippen LogP contribution in [0.3, 0.4) is 0 Å². The number of fused-ring (bicyclic) bond motifs is 3. The first-order chi connectivity index (χ1) is 23.7. The summed E-state index contributed by atoms with van der Waals surface area (Å²) in [4.78, 5) is 0. The largest absolute Gasteiger partial charge is 0.0773 e. The van der Waals surface area contributed by atoms with Gasteiger partial charge in [0.05, 0.1) is 8.07 Å². The number of hydrogen-bond donors (Lipinski definition) is 0. The molecule has 7 rings (SSSR count). The minimum absolute atomic E-state index is 0.133. The summed E-state index contributed by atoms with van der Waals surface area (Å²) < 4.78 is 0.